The van der Waals surface area contributed by atoms with Crippen LogP contribution in [0.2, 0.25) is 0 Å². The fourth-order valence-corrected chi connectivity index (χ4v) is 1.22. The predicted molar refractivity (Wildman–Crippen MR) is 51.8 cm³/mol. The summed E-state index contributed by atoms with van der Waals surface area (Å²) < 4.78 is 5.10. The van der Waals surface area contributed by atoms with Gasteiger partial charge in [0, 0.05) is 5.92 Å². The smallest absolute Gasteiger partial charge is 0.239 e. The molecule has 0 aliphatic heterocycles. The van der Waals surface area contributed by atoms with Gasteiger partial charge >= 0.3 is 0 Å². The molecule has 0 radical (unpaired) electrons. The van der Waals surface area contributed by atoms with Gasteiger partial charge in [-0.25, -0.2) is 4.98 Å². The SMILES string of the molecule is CC(CCN)c1nc(-c2ncn[nH]2)no1. The van der Waals surface area contributed by atoms with E-state index in [1.54, 1.807) is 0 Å². The molecule has 0 bridgehead atoms. The van der Waals surface area contributed by atoms with E-state index in [1.807, 2.05) is 6.92 Å². The summed E-state index contributed by atoms with van der Waals surface area (Å²) in [7, 11) is 0. The molecule has 0 amide bonds. The number of hydrogen-bond acceptors (Lipinski definition) is 6. The Morgan fingerprint density at radius 3 is 3.13 bits per heavy atom. The summed E-state index contributed by atoms with van der Waals surface area (Å²) in [4.78, 5) is 8.13. The van der Waals surface area contributed by atoms with Gasteiger partial charge in [0.25, 0.3) is 0 Å². The monoisotopic (exact) mass is 208 g/mol. The van der Waals surface area contributed by atoms with E-state index in [0.29, 0.717) is 24.1 Å². The average Bonchev–Trinajstić information content (AvgIpc) is 2.89. The molecule has 1 unspecified atom stereocenters. The van der Waals surface area contributed by atoms with Gasteiger partial charge in [-0.1, -0.05) is 12.1 Å². The van der Waals surface area contributed by atoms with Gasteiger partial charge in [-0.3, -0.25) is 5.10 Å². The molecule has 2 heterocycles. The molecule has 7 heteroatoms. The number of aromatic amines is 1. The Bertz CT molecular complexity index is 408. The van der Waals surface area contributed by atoms with Crippen molar-refractivity contribution in [3.05, 3.63) is 12.2 Å². The number of aromatic nitrogens is 5. The highest BCUT2D eigenvalue weighted by atomic mass is 16.5. The van der Waals surface area contributed by atoms with Crippen molar-refractivity contribution in [3.8, 4) is 11.6 Å². The first kappa shape index (κ1) is 9.78. The third-order valence-electron chi connectivity index (χ3n) is 2.09. The first-order chi connectivity index (χ1) is 7.31. The summed E-state index contributed by atoms with van der Waals surface area (Å²) in [5.41, 5.74) is 5.45. The standard InChI is InChI=1S/C8H12N6O/c1-5(2-3-9)8-12-7(14-15-8)6-10-4-11-13-6/h4-5H,2-3,9H2,1H3,(H,10,11,13). The fraction of sp³-hybridized carbons (Fsp3) is 0.500. The van der Waals surface area contributed by atoms with E-state index in [-0.39, 0.29) is 5.92 Å². The Morgan fingerprint density at radius 2 is 2.47 bits per heavy atom. The Balaban J connectivity index is 2.17. The van der Waals surface area contributed by atoms with Crippen molar-refractivity contribution in [1.29, 1.82) is 0 Å². The molecule has 2 rings (SSSR count). The van der Waals surface area contributed by atoms with Gasteiger partial charge in [-0.2, -0.15) is 10.1 Å². The van der Waals surface area contributed by atoms with Crippen LogP contribution in [0.15, 0.2) is 10.9 Å². The minimum Gasteiger partial charge on any atom is -0.339 e. The zero-order chi connectivity index (χ0) is 10.7. The van der Waals surface area contributed by atoms with Gasteiger partial charge in [0.2, 0.25) is 11.7 Å². The average molecular weight is 208 g/mol. The highest BCUT2D eigenvalue weighted by Gasteiger charge is 2.15. The molecule has 1 atom stereocenters. The van der Waals surface area contributed by atoms with Crippen molar-refractivity contribution >= 4 is 0 Å². The molecule has 80 valence electrons. The zero-order valence-electron chi connectivity index (χ0n) is 8.34. The molecule has 0 aliphatic carbocycles. The quantitative estimate of drug-likeness (QED) is 0.748. The molecule has 0 saturated carbocycles. The Labute approximate surface area is 86.1 Å². The van der Waals surface area contributed by atoms with Crippen LogP contribution in [-0.4, -0.2) is 31.9 Å². The van der Waals surface area contributed by atoms with Crippen LogP contribution in [0.1, 0.15) is 25.2 Å². The van der Waals surface area contributed by atoms with Crippen LogP contribution >= 0.6 is 0 Å². The van der Waals surface area contributed by atoms with Crippen molar-refractivity contribution in [2.75, 3.05) is 6.54 Å². The molecule has 0 aliphatic rings. The van der Waals surface area contributed by atoms with Crippen LogP contribution in [0.5, 0.6) is 0 Å². The molecule has 0 saturated heterocycles. The van der Waals surface area contributed by atoms with Gasteiger partial charge in [0.1, 0.15) is 6.33 Å². The summed E-state index contributed by atoms with van der Waals surface area (Å²) in [6.45, 7) is 2.59. The van der Waals surface area contributed by atoms with E-state index in [1.165, 1.54) is 6.33 Å². The van der Waals surface area contributed by atoms with Crippen LogP contribution in [0.3, 0.4) is 0 Å². The molecule has 0 fully saturated rings. The van der Waals surface area contributed by atoms with Crippen LogP contribution in [-0.2, 0) is 0 Å². The lowest BCUT2D eigenvalue weighted by atomic mass is 10.1. The number of hydrogen-bond donors (Lipinski definition) is 2. The zero-order valence-corrected chi connectivity index (χ0v) is 8.34. The topological polar surface area (TPSA) is 107 Å². The van der Waals surface area contributed by atoms with Crippen molar-refractivity contribution < 1.29 is 4.52 Å². The molecule has 0 spiro atoms. The van der Waals surface area contributed by atoms with Crippen molar-refractivity contribution in [2.45, 2.75) is 19.3 Å². The van der Waals surface area contributed by atoms with Gasteiger partial charge in [0.05, 0.1) is 0 Å². The fourth-order valence-electron chi connectivity index (χ4n) is 1.22. The second kappa shape index (κ2) is 4.18. The molecular weight excluding hydrogens is 196 g/mol. The lowest BCUT2D eigenvalue weighted by Crippen LogP contribution is -2.04. The lowest BCUT2D eigenvalue weighted by Gasteiger charge is -2.01. The first-order valence-corrected chi connectivity index (χ1v) is 4.70. The van der Waals surface area contributed by atoms with Gasteiger partial charge in [0.15, 0.2) is 5.82 Å². The largest absolute Gasteiger partial charge is 0.339 e. The number of H-pyrrole nitrogens is 1. The summed E-state index contributed by atoms with van der Waals surface area (Å²) in [6, 6.07) is 0. The molecule has 2 aromatic heterocycles. The minimum absolute atomic E-state index is 0.166. The lowest BCUT2D eigenvalue weighted by molar-refractivity contribution is 0.355. The molecule has 3 N–H and O–H groups in total. The Kier molecular flexibility index (Phi) is 2.72. The highest BCUT2D eigenvalue weighted by Crippen LogP contribution is 2.18. The minimum atomic E-state index is 0.166. The maximum Gasteiger partial charge on any atom is 0.239 e. The molecule has 7 nitrogen and oxygen atoms in total. The van der Waals surface area contributed by atoms with E-state index in [4.69, 9.17) is 10.3 Å². The summed E-state index contributed by atoms with van der Waals surface area (Å²) in [5, 5.41) is 10.2. The van der Waals surface area contributed by atoms with Gasteiger partial charge in [-0.15, -0.1) is 0 Å². The van der Waals surface area contributed by atoms with E-state index < -0.39 is 0 Å². The second-order valence-electron chi connectivity index (χ2n) is 3.27. The molecule has 15 heavy (non-hydrogen) atoms. The number of rotatable bonds is 4. The summed E-state index contributed by atoms with van der Waals surface area (Å²) in [5.74, 6) is 1.67. The second-order valence-corrected chi connectivity index (χ2v) is 3.27. The summed E-state index contributed by atoms with van der Waals surface area (Å²) in [6.07, 6.45) is 2.21. The predicted octanol–water partition coefficient (Wildman–Crippen LogP) is 0.307. The third kappa shape index (κ3) is 2.01. The van der Waals surface area contributed by atoms with Crippen LogP contribution < -0.4 is 5.73 Å². The number of nitrogens with zero attached hydrogens (tertiary/aromatic N) is 4. The van der Waals surface area contributed by atoms with E-state index >= 15 is 0 Å². The molecule has 2 aromatic rings. The first-order valence-electron chi connectivity index (χ1n) is 4.70. The van der Waals surface area contributed by atoms with E-state index in [9.17, 15) is 0 Å². The normalized spacial score (nSPS) is 12.9. The van der Waals surface area contributed by atoms with E-state index in [0.717, 1.165) is 6.42 Å². The van der Waals surface area contributed by atoms with Gasteiger partial charge in [-0.05, 0) is 13.0 Å². The van der Waals surface area contributed by atoms with Crippen molar-refractivity contribution in [1.82, 2.24) is 25.3 Å². The van der Waals surface area contributed by atoms with Crippen LogP contribution in [0.4, 0.5) is 0 Å². The maximum atomic E-state index is 5.45. The number of nitrogens with two attached hydrogens (primary N) is 1. The van der Waals surface area contributed by atoms with Crippen molar-refractivity contribution in [2.24, 2.45) is 5.73 Å². The molecular formula is C8H12N6O. The van der Waals surface area contributed by atoms with Crippen LogP contribution in [0, 0.1) is 0 Å². The molecule has 0 aromatic carbocycles. The third-order valence-corrected chi connectivity index (χ3v) is 2.09. The number of nitrogens with one attached hydrogen (secondary N) is 1. The maximum absolute atomic E-state index is 5.45. The van der Waals surface area contributed by atoms with Crippen molar-refractivity contribution in [3.63, 3.8) is 0 Å². The van der Waals surface area contributed by atoms with E-state index in [2.05, 4.69) is 25.3 Å². The van der Waals surface area contributed by atoms with Gasteiger partial charge < -0.3 is 10.3 Å². The Hall–Kier alpha value is -1.76. The Morgan fingerprint density at radius 1 is 1.60 bits per heavy atom. The summed E-state index contributed by atoms with van der Waals surface area (Å²) >= 11 is 0. The van der Waals surface area contributed by atoms with Crippen LogP contribution in [0.25, 0.3) is 11.6 Å². The highest BCUT2D eigenvalue weighted by molar-refractivity contribution is 5.39.